The van der Waals surface area contributed by atoms with Gasteiger partial charge in [0.25, 0.3) is 0 Å². The van der Waals surface area contributed by atoms with Crippen LogP contribution in [0.5, 0.6) is 0 Å². The van der Waals surface area contributed by atoms with Gasteiger partial charge in [0.05, 0.1) is 43.1 Å². The number of likely N-dealkylation sites (tertiary alicyclic amines) is 1. The summed E-state index contributed by atoms with van der Waals surface area (Å²) in [6.45, 7) is 3.19. The van der Waals surface area contributed by atoms with E-state index in [1.165, 1.54) is 4.57 Å². The number of carboxylic acid groups (broad SMARTS) is 1. The fraction of sp³-hybridized carbons (Fsp3) is 0.500. The Kier molecular flexibility index (Phi) is 10.9. The number of carboxylic acids is 1. The molecule has 0 saturated carbocycles. The van der Waals surface area contributed by atoms with Gasteiger partial charge >= 0.3 is 12.1 Å². The zero-order valence-corrected chi connectivity index (χ0v) is 23.7. The maximum atomic E-state index is 13.4. The van der Waals surface area contributed by atoms with Crippen molar-refractivity contribution in [2.24, 2.45) is 11.7 Å². The number of piperidine rings is 1. The van der Waals surface area contributed by atoms with Crippen LogP contribution in [0.2, 0.25) is 0 Å². The lowest BCUT2D eigenvalue weighted by atomic mass is 9.89. The van der Waals surface area contributed by atoms with Crippen molar-refractivity contribution in [1.82, 2.24) is 14.0 Å². The molecule has 3 heterocycles. The number of nitrogens with two attached hydrogens (primary N) is 1. The van der Waals surface area contributed by atoms with E-state index < -0.39 is 18.7 Å². The van der Waals surface area contributed by atoms with Gasteiger partial charge < -0.3 is 39.7 Å². The van der Waals surface area contributed by atoms with Gasteiger partial charge in [-0.2, -0.15) is 13.2 Å². The van der Waals surface area contributed by atoms with E-state index in [2.05, 4.69) is 29.1 Å². The number of carbonyl (C=O) groups is 1. The van der Waals surface area contributed by atoms with Gasteiger partial charge in [0, 0.05) is 49.2 Å². The fourth-order valence-electron chi connectivity index (χ4n) is 5.33. The van der Waals surface area contributed by atoms with E-state index in [9.17, 15) is 18.0 Å². The number of halogens is 3. The van der Waals surface area contributed by atoms with Crippen molar-refractivity contribution >= 4 is 22.6 Å². The van der Waals surface area contributed by atoms with Gasteiger partial charge in [-0.05, 0) is 62.5 Å². The molecule has 3 aromatic rings. The number of rotatable bonds is 13. The second-order valence-corrected chi connectivity index (χ2v) is 10.5. The summed E-state index contributed by atoms with van der Waals surface area (Å²) in [6, 6.07) is 8.75. The van der Waals surface area contributed by atoms with Crippen LogP contribution >= 0.6 is 0 Å². The Morgan fingerprint density at radius 1 is 1.19 bits per heavy atom. The molecule has 1 saturated heterocycles. The quantitative estimate of drug-likeness (QED) is 0.205. The molecule has 4 rings (SSSR count). The van der Waals surface area contributed by atoms with E-state index in [1.54, 1.807) is 41.2 Å². The Balaban J connectivity index is 1.31. The minimum Gasteiger partial charge on any atom is -0.478 e. The summed E-state index contributed by atoms with van der Waals surface area (Å²) in [5, 5.41) is 13.3. The number of fused-ring (bicyclic) bond motifs is 1. The molecule has 0 bridgehead atoms. The van der Waals surface area contributed by atoms with Crippen molar-refractivity contribution < 1.29 is 32.5 Å². The monoisotopic (exact) mass is 589 g/mol. The summed E-state index contributed by atoms with van der Waals surface area (Å²) < 4.78 is 54.6. The molecule has 0 amide bonds. The normalized spacial score (nSPS) is 17.7. The van der Waals surface area contributed by atoms with Crippen LogP contribution in [0.4, 0.5) is 18.9 Å². The van der Waals surface area contributed by atoms with Gasteiger partial charge in [-0.15, -0.1) is 0 Å². The average molecular weight is 590 g/mol. The van der Waals surface area contributed by atoms with Crippen LogP contribution in [0, 0.1) is 17.8 Å². The molecule has 0 aliphatic carbocycles. The lowest BCUT2D eigenvalue weighted by Crippen LogP contribution is -2.45. The Bertz CT molecular complexity index is 1390. The number of aromatic carboxylic acids is 1. The van der Waals surface area contributed by atoms with Crippen molar-refractivity contribution in [2.75, 3.05) is 58.4 Å². The van der Waals surface area contributed by atoms with Gasteiger partial charge in [0.1, 0.15) is 6.54 Å². The smallest absolute Gasteiger partial charge is 0.406 e. The number of benzene rings is 1. The Labute approximate surface area is 243 Å². The van der Waals surface area contributed by atoms with E-state index in [0.717, 1.165) is 31.6 Å². The van der Waals surface area contributed by atoms with E-state index in [0.29, 0.717) is 43.9 Å². The lowest BCUT2D eigenvalue weighted by Gasteiger charge is -2.38. The zero-order chi connectivity index (χ0) is 30.1. The molecule has 0 radical (unpaired) electrons. The minimum absolute atomic E-state index is 0.0628. The number of hydrogen-bond acceptors (Lipinski definition) is 6. The summed E-state index contributed by atoms with van der Waals surface area (Å²) in [6.07, 6.45) is 0.616. The topological polar surface area (TPSA) is 107 Å². The molecular formula is C30H38F3N5O4. The molecule has 2 aromatic heterocycles. The van der Waals surface area contributed by atoms with Crippen LogP contribution in [0.1, 0.15) is 28.9 Å². The predicted molar refractivity (Wildman–Crippen MR) is 155 cm³/mol. The molecule has 42 heavy (non-hydrogen) atoms. The van der Waals surface area contributed by atoms with Gasteiger partial charge in [0.2, 0.25) is 0 Å². The first kappa shape index (κ1) is 31.4. The molecule has 9 nitrogen and oxygen atoms in total. The molecule has 1 aromatic carbocycles. The number of nitrogens with zero attached hydrogens (tertiary/aromatic N) is 3. The Morgan fingerprint density at radius 3 is 2.69 bits per heavy atom. The van der Waals surface area contributed by atoms with E-state index >= 15 is 0 Å². The van der Waals surface area contributed by atoms with Gasteiger partial charge in [-0.25, -0.2) is 4.79 Å². The highest BCUT2D eigenvalue weighted by atomic mass is 19.4. The summed E-state index contributed by atoms with van der Waals surface area (Å²) in [5.74, 6) is 4.81. The maximum absolute atomic E-state index is 13.4. The number of alkyl halides is 3. The number of anilines is 1. The van der Waals surface area contributed by atoms with Gasteiger partial charge in [-0.3, -0.25) is 0 Å². The third-order valence-electron chi connectivity index (χ3n) is 7.38. The lowest BCUT2D eigenvalue weighted by molar-refractivity contribution is -0.140. The standard InChI is InChI=1S/C30H38F3N5O4/c1-36-11-8-26(22(19-36)9-14-41-16-17-42-15-13-37-12-7-23(20-37)29(39)40)35-27-5-2-6-28-25(27)18-24(4-3-10-34)38(28)21-30(31,32)33/h2,5-7,12,18,20,22,26,35H,8-11,13-17,19,21,34H2,1H3,(H,39,40)/t22-,26-/m0/s1. The molecular weight excluding hydrogens is 551 g/mol. The fourth-order valence-corrected chi connectivity index (χ4v) is 5.33. The minimum atomic E-state index is -4.38. The SMILES string of the molecule is CN1CC[C@H](Nc2cccc3c2cc(C#CCN)n3CC(F)(F)F)[C@@H](CCOCCOCCn2ccc(C(=O)O)c2)C1. The highest BCUT2D eigenvalue weighted by Gasteiger charge is 2.31. The first-order valence-electron chi connectivity index (χ1n) is 14.0. The van der Waals surface area contributed by atoms with Crippen LogP contribution in [0.15, 0.2) is 42.7 Å². The molecule has 1 aliphatic rings. The number of nitrogens with one attached hydrogen (secondary N) is 1. The Hall–Kier alpha value is -3.50. The molecule has 1 fully saturated rings. The molecule has 0 unspecified atom stereocenters. The number of ether oxygens (including phenoxy) is 2. The van der Waals surface area contributed by atoms with Crippen LogP contribution in [0.3, 0.4) is 0 Å². The molecule has 1 aliphatic heterocycles. The van der Waals surface area contributed by atoms with Crippen molar-refractivity contribution in [3.63, 3.8) is 0 Å². The van der Waals surface area contributed by atoms with E-state index in [-0.39, 0.29) is 29.8 Å². The molecule has 4 N–H and O–H groups in total. The van der Waals surface area contributed by atoms with Crippen molar-refractivity contribution in [3.8, 4) is 11.8 Å². The zero-order valence-electron chi connectivity index (χ0n) is 23.7. The van der Waals surface area contributed by atoms with Crippen LogP contribution in [-0.2, 0) is 22.6 Å². The van der Waals surface area contributed by atoms with Gasteiger partial charge in [-0.1, -0.05) is 12.0 Å². The first-order valence-corrected chi connectivity index (χ1v) is 14.0. The maximum Gasteiger partial charge on any atom is 0.406 e. The van der Waals surface area contributed by atoms with Crippen LogP contribution < -0.4 is 11.1 Å². The molecule has 2 atom stereocenters. The van der Waals surface area contributed by atoms with Crippen molar-refractivity contribution in [3.05, 3.63) is 54.0 Å². The molecule has 228 valence electrons. The summed E-state index contributed by atoms with van der Waals surface area (Å²) in [5.41, 5.74) is 7.28. The second-order valence-electron chi connectivity index (χ2n) is 10.5. The highest BCUT2D eigenvalue weighted by Crippen LogP contribution is 2.32. The van der Waals surface area contributed by atoms with Crippen molar-refractivity contribution in [2.45, 2.75) is 38.1 Å². The molecule has 12 heteroatoms. The number of hydrogen-bond donors (Lipinski definition) is 3. The largest absolute Gasteiger partial charge is 0.478 e. The van der Waals surface area contributed by atoms with E-state index in [4.69, 9.17) is 20.3 Å². The summed E-state index contributed by atoms with van der Waals surface area (Å²) in [7, 11) is 2.09. The molecule has 0 spiro atoms. The third kappa shape index (κ3) is 8.75. The summed E-state index contributed by atoms with van der Waals surface area (Å²) in [4.78, 5) is 13.2. The van der Waals surface area contributed by atoms with Crippen LogP contribution in [0.25, 0.3) is 10.9 Å². The average Bonchev–Trinajstić information content (AvgIpc) is 3.55. The summed E-state index contributed by atoms with van der Waals surface area (Å²) >= 11 is 0. The second kappa shape index (κ2) is 14.6. The highest BCUT2D eigenvalue weighted by molar-refractivity contribution is 5.94. The van der Waals surface area contributed by atoms with Gasteiger partial charge in [0.15, 0.2) is 0 Å². The third-order valence-corrected chi connectivity index (χ3v) is 7.38. The first-order chi connectivity index (χ1) is 20.1. The van der Waals surface area contributed by atoms with E-state index in [1.807, 2.05) is 6.07 Å². The van der Waals surface area contributed by atoms with Crippen LogP contribution in [-0.4, -0.2) is 90.4 Å². The van der Waals surface area contributed by atoms with Crippen molar-refractivity contribution in [1.29, 1.82) is 0 Å². The number of aromatic nitrogens is 2. The Morgan fingerprint density at radius 2 is 1.98 bits per heavy atom. The predicted octanol–water partition coefficient (Wildman–Crippen LogP) is 3.87.